The molecule has 2 N–H and O–H groups in total. The van der Waals surface area contributed by atoms with Gasteiger partial charge >= 0.3 is 6.36 Å². The Kier molecular flexibility index (Phi) is 5.39. The number of benzene rings is 2. The highest BCUT2D eigenvalue weighted by molar-refractivity contribution is 7.93. The Labute approximate surface area is 198 Å². The molecular formula is C24H20F3N3O4S. The van der Waals surface area contributed by atoms with Crippen LogP contribution in [0.25, 0.3) is 22.0 Å². The van der Waals surface area contributed by atoms with Crippen molar-refractivity contribution in [3.63, 3.8) is 0 Å². The van der Waals surface area contributed by atoms with Crippen LogP contribution in [0.5, 0.6) is 17.2 Å². The second-order valence-corrected chi connectivity index (χ2v) is 10.6. The molecule has 0 spiro atoms. The molecule has 0 bridgehead atoms. The number of ether oxygens (including phenoxy) is 2. The molecule has 5 rings (SSSR count). The molecule has 1 unspecified atom stereocenters. The van der Waals surface area contributed by atoms with Crippen LogP contribution < -0.4 is 15.0 Å². The summed E-state index contributed by atoms with van der Waals surface area (Å²) in [6.07, 6.45) is -0.0827. The van der Waals surface area contributed by atoms with Crippen LogP contribution in [-0.2, 0) is 16.8 Å². The number of rotatable bonds is 6. The monoisotopic (exact) mass is 503 g/mol. The number of fused-ring (bicyclic) bond motifs is 1. The van der Waals surface area contributed by atoms with E-state index in [1.807, 2.05) is 0 Å². The topological polar surface area (TPSA) is 97.2 Å². The Morgan fingerprint density at radius 1 is 1.06 bits per heavy atom. The maximum atomic E-state index is 13.1. The van der Waals surface area contributed by atoms with Gasteiger partial charge in [-0.25, -0.2) is 8.99 Å². The van der Waals surface area contributed by atoms with Gasteiger partial charge < -0.3 is 19.0 Å². The third kappa shape index (κ3) is 4.51. The zero-order valence-electron chi connectivity index (χ0n) is 18.4. The highest BCUT2D eigenvalue weighted by Gasteiger charge is 2.34. The van der Waals surface area contributed by atoms with Crippen LogP contribution in [0.3, 0.4) is 0 Å². The minimum Gasteiger partial charge on any atom is -0.457 e. The number of hydrogen-bond acceptors (Lipinski definition) is 5. The van der Waals surface area contributed by atoms with E-state index in [0.29, 0.717) is 32.7 Å². The SMILES string of the molecule is Cn1cc(-c2cc(S(=N)(=O)C3CC3)ccc2Oc2ccc(OC(F)(F)F)cc2)c2cc[nH]c2c1=O. The molecule has 35 heavy (non-hydrogen) atoms. The summed E-state index contributed by atoms with van der Waals surface area (Å²) in [5.74, 6) is 0.189. The summed E-state index contributed by atoms with van der Waals surface area (Å²) in [5.41, 5.74) is 1.26. The van der Waals surface area contributed by atoms with Crippen molar-refractivity contribution < 1.29 is 26.9 Å². The lowest BCUT2D eigenvalue weighted by molar-refractivity contribution is -0.274. The molecule has 4 aromatic rings. The molecule has 2 aromatic carbocycles. The van der Waals surface area contributed by atoms with Crippen molar-refractivity contribution in [1.82, 2.24) is 9.55 Å². The zero-order valence-corrected chi connectivity index (χ0v) is 19.2. The second kappa shape index (κ2) is 8.19. The van der Waals surface area contributed by atoms with E-state index in [-0.39, 0.29) is 22.3 Å². The van der Waals surface area contributed by atoms with Crippen molar-refractivity contribution in [1.29, 1.82) is 4.78 Å². The molecule has 1 atom stereocenters. The van der Waals surface area contributed by atoms with E-state index in [1.165, 1.54) is 16.7 Å². The molecule has 0 amide bonds. The number of aromatic nitrogens is 2. The first-order valence-corrected chi connectivity index (χ1v) is 12.3. The van der Waals surface area contributed by atoms with E-state index < -0.39 is 16.1 Å². The molecule has 2 aromatic heterocycles. The first kappa shape index (κ1) is 23.0. The molecule has 11 heteroatoms. The third-order valence-electron chi connectivity index (χ3n) is 5.76. The van der Waals surface area contributed by atoms with E-state index in [0.717, 1.165) is 25.0 Å². The minimum atomic E-state index is -4.80. The molecule has 0 aliphatic heterocycles. The first-order valence-electron chi connectivity index (χ1n) is 10.7. The summed E-state index contributed by atoms with van der Waals surface area (Å²) in [4.78, 5) is 15.8. The number of hydrogen-bond donors (Lipinski definition) is 2. The summed E-state index contributed by atoms with van der Waals surface area (Å²) in [6.45, 7) is 0. The van der Waals surface area contributed by atoms with Crippen molar-refractivity contribution in [3.8, 4) is 28.4 Å². The number of nitrogens with one attached hydrogen (secondary N) is 2. The Bertz CT molecular complexity index is 1590. The Morgan fingerprint density at radius 2 is 1.74 bits per heavy atom. The molecule has 1 fully saturated rings. The fourth-order valence-corrected chi connectivity index (χ4v) is 5.66. The summed E-state index contributed by atoms with van der Waals surface area (Å²) >= 11 is 0. The number of H-pyrrole nitrogens is 1. The van der Waals surface area contributed by atoms with Crippen LogP contribution >= 0.6 is 0 Å². The van der Waals surface area contributed by atoms with E-state index in [9.17, 15) is 22.2 Å². The smallest absolute Gasteiger partial charge is 0.457 e. The molecule has 0 radical (unpaired) electrons. The second-order valence-electron chi connectivity index (χ2n) is 8.30. The Balaban J connectivity index is 1.62. The standard InChI is InChI=1S/C24H20F3N3O4S/c1-30-13-20(18-10-11-29-22(18)23(30)31)19-12-17(35(28,32)16-6-7-16)8-9-21(19)33-14-2-4-15(5-3-14)34-24(25,26)27/h2-5,8-13,16,28-29H,6-7H2,1H3. The number of alkyl halides is 3. The molecule has 7 nitrogen and oxygen atoms in total. The van der Waals surface area contributed by atoms with Crippen molar-refractivity contribution in [3.05, 3.63) is 71.3 Å². The summed E-state index contributed by atoms with van der Waals surface area (Å²) in [7, 11) is -1.42. The predicted octanol–water partition coefficient (Wildman–Crippen LogP) is 5.79. The summed E-state index contributed by atoms with van der Waals surface area (Å²) in [5, 5.41) is 0.419. The van der Waals surface area contributed by atoms with Crippen molar-refractivity contribution in [2.45, 2.75) is 29.3 Å². The first-order chi connectivity index (χ1) is 16.5. The fraction of sp³-hybridized carbons (Fsp3) is 0.208. The lowest BCUT2D eigenvalue weighted by Gasteiger charge is -2.16. The van der Waals surface area contributed by atoms with Gasteiger partial charge in [0, 0.05) is 46.1 Å². The number of nitrogens with zero attached hydrogens (tertiary/aromatic N) is 1. The summed E-state index contributed by atoms with van der Waals surface area (Å²) in [6, 6.07) is 11.5. The highest BCUT2D eigenvalue weighted by Crippen LogP contribution is 2.41. The van der Waals surface area contributed by atoms with Crippen molar-refractivity contribution in [2.24, 2.45) is 7.05 Å². The van der Waals surface area contributed by atoms with Gasteiger partial charge in [0.25, 0.3) is 5.56 Å². The zero-order chi connectivity index (χ0) is 25.0. The van der Waals surface area contributed by atoms with Gasteiger partial charge in [-0.1, -0.05) is 0 Å². The van der Waals surface area contributed by atoms with E-state index in [4.69, 9.17) is 9.52 Å². The molecule has 1 aliphatic carbocycles. The van der Waals surface area contributed by atoms with Crippen LogP contribution in [0, 0.1) is 4.78 Å². The van der Waals surface area contributed by atoms with Gasteiger partial charge in [-0.3, -0.25) is 4.79 Å². The Hall–Kier alpha value is -3.73. The van der Waals surface area contributed by atoms with Gasteiger partial charge in [0.05, 0.1) is 9.73 Å². The average molecular weight is 504 g/mol. The molecule has 2 heterocycles. The van der Waals surface area contributed by atoms with Gasteiger partial charge in [-0.2, -0.15) is 0 Å². The normalized spacial score (nSPS) is 15.7. The van der Waals surface area contributed by atoms with E-state index in [1.54, 1.807) is 43.7 Å². The van der Waals surface area contributed by atoms with Crippen LogP contribution in [0.2, 0.25) is 0 Å². The average Bonchev–Trinajstić information content (AvgIpc) is 3.55. The van der Waals surface area contributed by atoms with Crippen LogP contribution in [0.4, 0.5) is 13.2 Å². The molecule has 1 aliphatic rings. The van der Waals surface area contributed by atoms with Gasteiger partial charge in [-0.15, -0.1) is 13.2 Å². The van der Waals surface area contributed by atoms with E-state index >= 15 is 0 Å². The molecular weight excluding hydrogens is 483 g/mol. The van der Waals surface area contributed by atoms with Crippen LogP contribution in [-0.4, -0.2) is 25.4 Å². The highest BCUT2D eigenvalue weighted by atomic mass is 32.2. The van der Waals surface area contributed by atoms with Crippen LogP contribution in [0.15, 0.2) is 70.6 Å². The van der Waals surface area contributed by atoms with Gasteiger partial charge in [0.15, 0.2) is 0 Å². The van der Waals surface area contributed by atoms with Gasteiger partial charge in [-0.05, 0) is 61.4 Å². The largest absolute Gasteiger partial charge is 0.573 e. The number of aryl methyl sites for hydroxylation is 1. The fourth-order valence-electron chi connectivity index (χ4n) is 3.91. The van der Waals surface area contributed by atoms with Gasteiger partial charge in [0.2, 0.25) is 0 Å². The predicted molar refractivity (Wildman–Crippen MR) is 124 cm³/mol. The van der Waals surface area contributed by atoms with Crippen molar-refractivity contribution in [2.75, 3.05) is 0 Å². The molecule has 0 saturated heterocycles. The Morgan fingerprint density at radius 3 is 2.40 bits per heavy atom. The van der Waals surface area contributed by atoms with Gasteiger partial charge in [0.1, 0.15) is 22.8 Å². The van der Waals surface area contributed by atoms with Crippen molar-refractivity contribution >= 4 is 20.6 Å². The number of halogens is 3. The lowest BCUT2D eigenvalue weighted by Crippen LogP contribution is -2.17. The van der Waals surface area contributed by atoms with Crippen LogP contribution in [0.1, 0.15) is 12.8 Å². The maximum Gasteiger partial charge on any atom is 0.573 e. The third-order valence-corrected chi connectivity index (χ3v) is 8.13. The van der Waals surface area contributed by atoms with E-state index in [2.05, 4.69) is 9.72 Å². The quantitative estimate of drug-likeness (QED) is 0.348. The lowest BCUT2D eigenvalue weighted by atomic mass is 10.0. The molecule has 1 saturated carbocycles. The molecule has 182 valence electrons. The minimum absolute atomic E-state index is 0.198. The summed E-state index contributed by atoms with van der Waals surface area (Å²) < 4.78 is 70.3. The maximum absolute atomic E-state index is 13.1. The number of aromatic amines is 1. The number of pyridine rings is 1.